The molecule has 21 heavy (non-hydrogen) atoms. The van der Waals surface area contributed by atoms with Gasteiger partial charge in [0.05, 0.1) is 18.4 Å². The van der Waals surface area contributed by atoms with E-state index < -0.39 is 5.97 Å². The molecule has 0 aliphatic carbocycles. The van der Waals surface area contributed by atoms with Crippen LogP contribution in [0.25, 0.3) is 0 Å². The number of hydrogen-bond donors (Lipinski definition) is 3. The van der Waals surface area contributed by atoms with E-state index in [0.29, 0.717) is 13.1 Å². The summed E-state index contributed by atoms with van der Waals surface area (Å²) in [5.41, 5.74) is 2.61. The fraction of sp³-hybridized carbons (Fsp3) is 0.385. The molecule has 0 aliphatic heterocycles. The molecule has 0 aromatic carbocycles. The monoisotopic (exact) mass is 291 g/mol. The largest absolute Gasteiger partial charge is 0.476 e. The van der Waals surface area contributed by atoms with Gasteiger partial charge < -0.3 is 15.0 Å². The number of aromatic carboxylic acids is 1. The predicted octanol–water partition coefficient (Wildman–Crippen LogP) is 0.280. The standard InChI is InChI=1S/C13H17N5O3/c1-8-10(9(2)17-16-8)5-12(19)14-3-4-18-6-11(13(20)21)15-7-18/h6-7H,3-5H2,1-2H3,(H,14,19)(H,16,17)(H,20,21). The summed E-state index contributed by atoms with van der Waals surface area (Å²) in [7, 11) is 0. The van der Waals surface area contributed by atoms with E-state index in [1.54, 1.807) is 4.57 Å². The number of carbonyl (C=O) groups is 2. The Morgan fingerprint density at radius 2 is 2.19 bits per heavy atom. The van der Waals surface area contributed by atoms with Crippen LogP contribution in [0.5, 0.6) is 0 Å². The minimum absolute atomic E-state index is 0.00836. The van der Waals surface area contributed by atoms with Gasteiger partial charge in [-0.15, -0.1) is 0 Å². The molecule has 2 heterocycles. The summed E-state index contributed by atoms with van der Waals surface area (Å²) in [5, 5.41) is 18.4. The lowest BCUT2D eigenvalue weighted by atomic mass is 10.1. The molecule has 0 saturated carbocycles. The summed E-state index contributed by atoms with van der Waals surface area (Å²) in [5.74, 6) is -1.16. The van der Waals surface area contributed by atoms with Crippen LogP contribution in [0.1, 0.15) is 27.4 Å². The van der Waals surface area contributed by atoms with Gasteiger partial charge in [0, 0.05) is 30.5 Å². The number of carboxylic acids is 1. The van der Waals surface area contributed by atoms with Crippen molar-refractivity contribution in [2.75, 3.05) is 6.54 Å². The highest BCUT2D eigenvalue weighted by Gasteiger charge is 2.11. The Morgan fingerprint density at radius 1 is 1.43 bits per heavy atom. The maximum absolute atomic E-state index is 11.8. The minimum atomic E-state index is -1.07. The molecule has 0 aliphatic rings. The zero-order valence-electron chi connectivity index (χ0n) is 11.9. The third-order valence-corrected chi connectivity index (χ3v) is 3.16. The van der Waals surface area contributed by atoms with Gasteiger partial charge in [0.25, 0.3) is 0 Å². The lowest BCUT2D eigenvalue weighted by Crippen LogP contribution is -2.28. The van der Waals surface area contributed by atoms with Gasteiger partial charge in [0.2, 0.25) is 5.91 Å². The van der Waals surface area contributed by atoms with Gasteiger partial charge in [-0.05, 0) is 13.8 Å². The number of nitrogens with one attached hydrogen (secondary N) is 2. The molecule has 0 spiro atoms. The van der Waals surface area contributed by atoms with Crippen molar-refractivity contribution in [1.82, 2.24) is 25.1 Å². The molecule has 2 aromatic rings. The van der Waals surface area contributed by atoms with Gasteiger partial charge in [-0.2, -0.15) is 5.10 Å². The van der Waals surface area contributed by atoms with Gasteiger partial charge in [-0.1, -0.05) is 0 Å². The zero-order valence-corrected chi connectivity index (χ0v) is 11.9. The Hall–Kier alpha value is -2.64. The maximum Gasteiger partial charge on any atom is 0.356 e. The molecular formula is C13H17N5O3. The van der Waals surface area contributed by atoms with Crippen molar-refractivity contribution in [2.45, 2.75) is 26.8 Å². The van der Waals surface area contributed by atoms with Crippen LogP contribution in [0.4, 0.5) is 0 Å². The molecule has 3 N–H and O–H groups in total. The van der Waals surface area contributed by atoms with Crippen LogP contribution in [0.2, 0.25) is 0 Å². The lowest BCUT2D eigenvalue weighted by Gasteiger charge is -2.06. The number of carboxylic acid groups (broad SMARTS) is 1. The van der Waals surface area contributed by atoms with E-state index >= 15 is 0 Å². The van der Waals surface area contributed by atoms with Gasteiger partial charge in [0.15, 0.2) is 5.69 Å². The number of rotatable bonds is 6. The number of H-pyrrole nitrogens is 1. The van der Waals surface area contributed by atoms with Crippen LogP contribution in [-0.2, 0) is 17.8 Å². The minimum Gasteiger partial charge on any atom is -0.476 e. The van der Waals surface area contributed by atoms with Crippen LogP contribution < -0.4 is 5.32 Å². The number of imidazole rings is 1. The highest BCUT2D eigenvalue weighted by molar-refractivity contribution is 5.84. The van der Waals surface area contributed by atoms with Gasteiger partial charge in [0.1, 0.15) is 0 Å². The number of carbonyl (C=O) groups excluding carboxylic acids is 1. The van der Waals surface area contributed by atoms with Crippen molar-refractivity contribution < 1.29 is 14.7 Å². The first-order chi connectivity index (χ1) is 9.97. The molecule has 8 nitrogen and oxygen atoms in total. The van der Waals surface area contributed by atoms with Crippen molar-refractivity contribution in [3.05, 3.63) is 35.2 Å². The first-order valence-corrected chi connectivity index (χ1v) is 6.49. The predicted molar refractivity (Wildman–Crippen MR) is 74.0 cm³/mol. The first-order valence-electron chi connectivity index (χ1n) is 6.49. The van der Waals surface area contributed by atoms with E-state index in [-0.39, 0.29) is 18.0 Å². The number of hydrogen-bond acceptors (Lipinski definition) is 4. The average molecular weight is 291 g/mol. The SMILES string of the molecule is Cc1n[nH]c(C)c1CC(=O)NCCn1cnc(C(=O)O)c1. The number of nitrogens with zero attached hydrogens (tertiary/aromatic N) is 3. The van der Waals surface area contributed by atoms with E-state index in [2.05, 4.69) is 20.5 Å². The van der Waals surface area contributed by atoms with Crippen LogP contribution in [0.3, 0.4) is 0 Å². The summed E-state index contributed by atoms with van der Waals surface area (Å²) in [6, 6.07) is 0. The van der Waals surface area contributed by atoms with Crippen molar-refractivity contribution in [3.8, 4) is 0 Å². The Morgan fingerprint density at radius 3 is 2.76 bits per heavy atom. The van der Waals surface area contributed by atoms with E-state index in [9.17, 15) is 9.59 Å². The van der Waals surface area contributed by atoms with Crippen molar-refractivity contribution in [3.63, 3.8) is 0 Å². The average Bonchev–Trinajstić information content (AvgIpc) is 3.01. The third-order valence-electron chi connectivity index (χ3n) is 3.16. The smallest absolute Gasteiger partial charge is 0.356 e. The van der Waals surface area contributed by atoms with Crippen molar-refractivity contribution >= 4 is 11.9 Å². The normalized spacial score (nSPS) is 10.6. The third kappa shape index (κ3) is 3.68. The molecule has 1 amide bonds. The number of aromatic nitrogens is 4. The Bertz CT molecular complexity index is 639. The Balaban J connectivity index is 1.80. The molecule has 2 aromatic heterocycles. The molecule has 112 valence electrons. The second-order valence-electron chi connectivity index (χ2n) is 4.74. The molecule has 0 unspecified atom stereocenters. The van der Waals surface area contributed by atoms with Crippen LogP contribution in [-0.4, -0.2) is 43.3 Å². The molecule has 0 bridgehead atoms. The second kappa shape index (κ2) is 6.21. The van der Waals surface area contributed by atoms with E-state index in [0.717, 1.165) is 17.0 Å². The molecule has 0 saturated heterocycles. The molecule has 0 radical (unpaired) electrons. The topological polar surface area (TPSA) is 113 Å². The van der Waals surface area contributed by atoms with E-state index in [1.165, 1.54) is 12.5 Å². The summed E-state index contributed by atoms with van der Waals surface area (Å²) < 4.78 is 1.62. The van der Waals surface area contributed by atoms with Crippen molar-refractivity contribution in [2.24, 2.45) is 0 Å². The fourth-order valence-electron chi connectivity index (χ4n) is 1.97. The molecular weight excluding hydrogens is 274 g/mol. The highest BCUT2D eigenvalue weighted by atomic mass is 16.4. The molecule has 8 heteroatoms. The molecule has 0 atom stereocenters. The van der Waals surface area contributed by atoms with Crippen molar-refractivity contribution in [1.29, 1.82) is 0 Å². The Kier molecular flexibility index (Phi) is 4.36. The summed E-state index contributed by atoms with van der Waals surface area (Å²) in [6.07, 6.45) is 3.14. The van der Waals surface area contributed by atoms with Crippen LogP contribution in [0.15, 0.2) is 12.5 Å². The zero-order chi connectivity index (χ0) is 15.4. The first kappa shape index (κ1) is 14.8. The van der Waals surface area contributed by atoms with E-state index in [1.807, 2.05) is 13.8 Å². The quantitative estimate of drug-likeness (QED) is 0.707. The fourth-order valence-corrected chi connectivity index (χ4v) is 1.97. The number of aromatic amines is 1. The van der Waals surface area contributed by atoms with Crippen LogP contribution >= 0.6 is 0 Å². The maximum atomic E-state index is 11.8. The van der Waals surface area contributed by atoms with Gasteiger partial charge >= 0.3 is 5.97 Å². The molecule has 2 rings (SSSR count). The van der Waals surface area contributed by atoms with E-state index in [4.69, 9.17) is 5.11 Å². The second-order valence-corrected chi connectivity index (χ2v) is 4.74. The highest BCUT2D eigenvalue weighted by Crippen LogP contribution is 2.09. The summed E-state index contributed by atoms with van der Waals surface area (Å²) >= 11 is 0. The molecule has 0 fully saturated rings. The number of amides is 1. The lowest BCUT2D eigenvalue weighted by molar-refractivity contribution is -0.120. The van der Waals surface area contributed by atoms with Gasteiger partial charge in [-0.25, -0.2) is 9.78 Å². The summed E-state index contributed by atoms with van der Waals surface area (Å²) in [6.45, 7) is 4.60. The van der Waals surface area contributed by atoms with Gasteiger partial charge in [-0.3, -0.25) is 9.89 Å². The number of aryl methyl sites for hydroxylation is 2. The summed E-state index contributed by atoms with van der Waals surface area (Å²) in [4.78, 5) is 26.3. The van der Waals surface area contributed by atoms with Crippen LogP contribution in [0, 0.1) is 13.8 Å². The Labute approximate surface area is 121 Å².